The Labute approximate surface area is 127 Å². The van der Waals surface area contributed by atoms with Gasteiger partial charge in [-0.25, -0.2) is 4.79 Å². The van der Waals surface area contributed by atoms with Crippen molar-refractivity contribution in [3.05, 3.63) is 75.6 Å². The minimum Gasteiger partial charge on any atom is -0.507 e. The van der Waals surface area contributed by atoms with Gasteiger partial charge in [0, 0.05) is 0 Å². The van der Waals surface area contributed by atoms with Gasteiger partial charge in [-0.15, -0.1) is 0 Å². The average Bonchev–Trinajstić information content (AvgIpc) is 2.55. The molecule has 1 aliphatic rings. The fourth-order valence-electron chi connectivity index (χ4n) is 3.45. The van der Waals surface area contributed by atoms with Gasteiger partial charge in [-0.05, 0) is 48.4 Å². The van der Waals surface area contributed by atoms with Crippen LogP contribution < -0.4 is 5.63 Å². The lowest BCUT2D eigenvalue weighted by atomic mass is 9.80. The molecule has 1 N–H and O–H groups in total. The number of aryl methyl sites for hydroxylation is 1. The van der Waals surface area contributed by atoms with E-state index in [0.29, 0.717) is 16.5 Å². The van der Waals surface area contributed by atoms with Gasteiger partial charge in [0.2, 0.25) is 0 Å². The SMILES string of the molecule is O=c1oc2ccccc2c(O)c1C1CCc2ccccc2C1. The highest BCUT2D eigenvalue weighted by Crippen LogP contribution is 2.37. The molecule has 1 unspecified atom stereocenters. The van der Waals surface area contributed by atoms with Gasteiger partial charge in [0.15, 0.2) is 0 Å². The average molecular weight is 292 g/mol. The lowest BCUT2D eigenvalue weighted by Crippen LogP contribution is -2.19. The first-order valence-corrected chi connectivity index (χ1v) is 7.55. The smallest absolute Gasteiger partial charge is 0.343 e. The molecule has 0 saturated carbocycles. The minimum atomic E-state index is -0.416. The molecular formula is C19H16O3. The van der Waals surface area contributed by atoms with E-state index in [1.54, 1.807) is 18.2 Å². The maximum atomic E-state index is 12.3. The number of benzene rings is 2. The van der Waals surface area contributed by atoms with Crippen molar-refractivity contribution in [1.29, 1.82) is 0 Å². The molecule has 3 nitrogen and oxygen atoms in total. The molecule has 0 spiro atoms. The molecule has 1 aromatic heterocycles. The topological polar surface area (TPSA) is 50.4 Å². The van der Waals surface area contributed by atoms with Crippen LogP contribution in [0.1, 0.15) is 29.0 Å². The van der Waals surface area contributed by atoms with E-state index < -0.39 is 5.63 Å². The zero-order valence-corrected chi connectivity index (χ0v) is 12.1. The maximum absolute atomic E-state index is 12.3. The summed E-state index contributed by atoms with van der Waals surface area (Å²) in [6.45, 7) is 0. The Hall–Kier alpha value is -2.55. The van der Waals surface area contributed by atoms with Gasteiger partial charge in [-0.1, -0.05) is 36.4 Å². The van der Waals surface area contributed by atoms with Crippen LogP contribution in [0.15, 0.2) is 57.7 Å². The fraction of sp³-hybridized carbons (Fsp3) is 0.211. The zero-order chi connectivity index (χ0) is 15.1. The maximum Gasteiger partial charge on any atom is 0.343 e. The van der Waals surface area contributed by atoms with Crippen LogP contribution in [0, 0.1) is 0 Å². The standard InChI is InChI=1S/C19H16O3/c20-18-15-7-3-4-8-16(15)22-19(21)17(18)14-10-9-12-5-1-2-6-13(12)11-14/h1-8,14,20H,9-11H2. The van der Waals surface area contributed by atoms with Crippen LogP contribution in [0.3, 0.4) is 0 Å². The molecule has 4 rings (SSSR count). The Kier molecular flexibility index (Phi) is 3.00. The van der Waals surface area contributed by atoms with Crippen LogP contribution in [-0.2, 0) is 12.8 Å². The second kappa shape index (κ2) is 5.02. The molecule has 0 amide bonds. The highest BCUT2D eigenvalue weighted by atomic mass is 16.4. The van der Waals surface area contributed by atoms with E-state index in [1.807, 2.05) is 18.2 Å². The highest BCUT2D eigenvalue weighted by molar-refractivity contribution is 5.84. The molecule has 0 fully saturated rings. The molecule has 3 heteroatoms. The number of para-hydroxylation sites is 1. The summed E-state index contributed by atoms with van der Waals surface area (Å²) < 4.78 is 5.40. The van der Waals surface area contributed by atoms with Crippen molar-refractivity contribution in [2.75, 3.05) is 0 Å². The van der Waals surface area contributed by atoms with E-state index in [2.05, 4.69) is 12.1 Å². The Morgan fingerprint density at radius 3 is 2.59 bits per heavy atom. The van der Waals surface area contributed by atoms with E-state index in [9.17, 15) is 9.90 Å². The summed E-state index contributed by atoms with van der Waals surface area (Å²) in [6, 6.07) is 15.4. The number of rotatable bonds is 1. The molecule has 0 bridgehead atoms. The molecule has 0 radical (unpaired) electrons. The van der Waals surface area contributed by atoms with Crippen LogP contribution in [0.4, 0.5) is 0 Å². The van der Waals surface area contributed by atoms with E-state index in [0.717, 1.165) is 19.3 Å². The van der Waals surface area contributed by atoms with Crippen molar-refractivity contribution in [3.8, 4) is 5.75 Å². The van der Waals surface area contributed by atoms with E-state index in [1.165, 1.54) is 11.1 Å². The van der Waals surface area contributed by atoms with Gasteiger partial charge in [-0.2, -0.15) is 0 Å². The van der Waals surface area contributed by atoms with Crippen LogP contribution >= 0.6 is 0 Å². The number of aromatic hydroxyl groups is 1. The van der Waals surface area contributed by atoms with Crippen molar-refractivity contribution in [2.24, 2.45) is 0 Å². The van der Waals surface area contributed by atoms with Gasteiger partial charge < -0.3 is 9.52 Å². The van der Waals surface area contributed by atoms with Crippen molar-refractivity contribution in [3.63, 3.8) is 0 Å². The molecule has 110 valence electrons. The number of hydrogen-bond donors (Lipinski definition) is 1. The molecule has 1 heterocycles. The Morgan fingerprint density at radius 2 is 1.73 bits per heavy atom. The third kappa shape index (κ3) is 2.01. The lowest BCUT2D eigenvalue weighted by Gasteiger charge is -2.24. The van der Waals surface area contributed by atoms with Crippen LogP contribution in [0.25, 0.3) is 11.0 Å². The largest absolute Gasteiger partial charge is 0.507 e. The normalized spacial score (nSPS) is 17.4. The van der Waals surface area contributed by atoms with Crippen molar-refractivity contribution in [1.82, 2.24) is 0 Å². The lowest BCUT2D eigenvalue weighted by molar-refractivity contribution is 0.436. The first kappa shape index (κ1) is 13.1. The van der Waals surface area contributed by atoms with E-state index >= 15 is 0 Å². The first-order chi connectivity index (χ1) is 10.7. The van der Waals surface area contributed by atoms with E-state index in [4.69, 9.17) is 4.42 Å². The van der Waals surface area contributed by atoms with Gasteiger partial charge in [0.05, 0.1) is 10.9 Å². The molecule has 3 aromatic rings. The van der Waals surface area contributed by atoms with Gasteiger partial charge in [0.25, 0.3) is 0 Å². The van der Waals surface area contributed by atoms with Crippen molar-refractivity contribution < 1.29 is 9.52 Å². The third-order valence-corrected chi connectivity index (χ3v) is 4.57. The first-order valence-electron chi connectivity index (χ1n) is 7.55. The summed E-state index contributed by atoms with van der Waals surface area (Å²) in [5.41, 5.74) is 3.04. The number of hydrogen-bond acceptors (Lipinski definition) is 3. The van der Waals surface area contributed by atoms with Crippen molar-refractivity contribution >= 4 is 11.0 Å². The van der Waals surface area contributed by atoms with Crippen LogP contribution in [-0.4, -0.2) is 5.11 Å². The summed E-state index contributed by atoms with van der Waals surface area (Å²) in [7, 11) is 0. The predicted molar refractivity (Wildman–Crippen MR) is 85.4 cm³/mol. The second-order valence-corrected chi connectivity index (χ2v) is 5.86. The molecule has 1 atom stereocenters. The summed E-state index contributed by atoms with van der Waals surface area (Å²) in [5, 5.41) is 11.2. The second-order valence-electron chi connectivity index (χ2n) is 5.86. The minimum absolute atomic E-state index is 0.00996. The Balaban J connectivity index is 1.84. The van der Waals surface area contributed by atoms with Crippen molar-refractivity contribution in [2.45, 2.75) is 25.2 Å². The Bertz CT molecular complexity index is 908. The predicted octanol–water partition coefficient (Wildman–Crippen LogP) is 3.77. The van der Waals surface area contributed by atoms with Crippen LogP contribution in [0.2, 0.25) is 0 Å². The molecule has 1 aliphatic carbocycles. The van der Waals surface area contributed by atoms with E-state index in [-0.39, 0.29) is 11.7 Å². The van der Waals surface area contributed by atoms with Gasteiger partial charge in [-0.3, -0.25) is 0 Å². The molecule has 0 saturated heterocycles. The van der Waals surface area contributed by atoms with Gasteiger partial charge in [0.1, 0.15) is 11.3 Å². The fourth-order valence-corrected chi connectivity index (χ4v) is 3.45. The molecular weight excluding hydrogens is 276 g/mol. The summed E-state index contributed by atoms with van der Waals surface area (Å²) in [6.07, 6.45) is 2.55. The summed E-state index contributed by atoms with van der Waals surface area (Å²) in [5.74, 6) is 0.0898. The summed E-state index contributed by atoms with van der Waals surface area (Å²) in [4.78, 5) is 12.3. The molecule has 2 aromatic carbocycles. The monoisotopic (exact) mass is 292 g/mol. The van der Waals surface area contributed by atoms with Gasteiger partial charge >= 0.3 is 5.63 Å². The quantitative estimate of drug-likeness (QED) is 0.695. The number of fused-ring (bicyclic) bond motifs is 2. The highest BCUT2D eigenvalue weighted by Gasteiger charge is 2.26. The molecule has 0 aliphatic heterocycles. The Morgan fingerprint density at radius 1 is 1.00 bits per heavy atom. The third-order valence-electron chi connectivity index (χ3n) is 4.57. The van der Waals surface area contributed by atoms with Crippen LogP contribution in [0.5, 0.6) is 5.75 Å². The summed E-state index contributed by atoms with van der Waals surface area (Å²) >= 11 is 0. The zero-order valence-electron chi connectivity index (χ0n) is 12.1. The molecule has 22 heavy (non-hydrogen) atoms.